The Hall–Kier alpha value is -1.45. The van der Waals surface area contributed by atoms with Crippen molar-refractivity contribution in [2.24, 2.45) is 5.92 Å². The molecule has 0 aromatic heterocycles. The van der Waals surface area contributed by atoms with Gasteiger partial charge in [0.2, 0.25) is 5.91 Å². The summed E-state index contributed by atoms with van der Waals surface area (Å²) in [6.07, 6.45) is 0.876. The number of anilines is 1. The van der Waals surface area contributed by atoms with Crippen LogP contribution in [0.3, 0.4) is 0 Å². The summed E-state index contributed by atoms with van der Waals surface area (Å²) >= 11 is 6.38. The zero-order valence-corrected chi connectivity index (χ0v) is 18.4. The van der Waals surface area contributed by atoms with Crippen LogP contribution in [-0.2, 0) is 14.6 Å². The van der Waals surface area contributed by atoms with Gasteiger partial charge in [-0.15, -0.1) is 0 Å². The number of hydrogen-bond donors (Lipinski definition) is 0. The number of halogens is 3. The Balaban J connectivity index is 1.44. The molecule has 0 spiro atoms. The zero-order chi connectivity index (χ0) is 21.7. The van der Waals surface area contributed by atoms with E-state index >= 15 is 0 Å². The molecule has 6 nitrogen and oxygen atoms in total. The van der Waals surface area contributed by atoms with E-state index in [2.05, 4.69) is 16.8 Å². The number of hydrogen-bond acceptors (Lipinski definition) is 5. The molecule has 10 heteroatoms. The second-order valence-electron chi connectivity index (χ2n) is 8.63. The fourth-order valence-electron chi connectivity index (χ4n) is 4.53. The molecule has 2 saturated heterocycles. The molecular weight excluding hydrogens is 436 g/mol. The fraction of sp³-hybridized carbons (Fsp3) is 0.650. The summed E-state index contributed by atoms with van der Waals surface area (Å²) in [7, 11) is -1.64. The van der Waals surface area contributed by atoms with Crippen molar-refractivity contribution in [1.29, 1.82) is 0 Å². The molecule has 2 aliphatic heterocycles. The molecule has 2 atom stereocenters. The molecule has 1 aliphatic carbocycles. The smallest absolute Gasteiger partial charge is 0.282 e. The van der Waals surface area contributed by atoms with Gasteiger partial charge in [-0.1, -0.05) is 11.6 Å². The molecule has 0 unspecified atom stereocenters. The number of rotatable bonds is 4. The third kappa shape index (κ3) is 4.16. The molecule has 0 N–H and O–H groups in total. The van der Waals surface area contributed by atoms with E-state index in [1.807, 2.05) is 0 Å². The van der Waals surface area contributed by atoms with Gasteiger partial charge in [0.05, 0.1) is 28.3 Å². The van der Waals surface area contributed by atoms with Crippen molar-refractivity contribution in [3.63, 3.8) is 0 Å². The van der Waals surface area contributed by atoms with Gasteiger partial charge in [0.1, 0.15) is 0 Å². The summed E-state index contributed by atoms with van der Waals surface area (Å²) in [5.41, 5.74) is 0.894. The van der Waals surface area contributed by atoms with Gasteiger partial charge in [-0.25, -0.2) is 17.2 Å². The number of carbonyl (C=O) groups is 1. The molecule has 30 heavy (non-hydrogen) atoms. The Bertz CT molecular complexity index is 927. The third-order valence-corrected chi connectivity index (χ3v) is 9.12. The lowest BCUT2D eigenvalue weighted by molar-refractivity contribution is -0.169. The molecule has 2 heterocycles. The lowest BCUT2D eigenvalue weighted by Crippen LogP contribution is -2.59. The first-order valence-corrected chi connectivity index (χ1v) is 12.1. The number of piperazine rings is 1. The number of alkyl halides is 2. The highest BCUT2D eigenvalue weighted by molar-refractivity contribution is 7.92. The number of carbonyl (C=O) groups excluding carboxylic acids is 1. The zero-order valence-electron chi connectivity index (χ0n) is 16.9. The van der Waals surface area contributed by atoms with Crippen molar-refractivity contribution >= 4 is 33.0 Å². The summed E-state index contributed by atoms with van der Waals surface area (Å²) in [6.45, 7) is 2.41. The lowest BCUT2D eigenvalue weighted by Gasteiger charge is -2.40. The SMILES string of the molecule is CN1CCN(c2ccc(S(=O)(=O)[C@@H]3CC[C@@H](C(=O)N4CC(F)(F)C4)C3)c(Cl)c2)CC1. The molecule has 1 aromatic rings. The summed E-state index contributed by atoms with van der Waals surface area (Å²) in [5.74, 6) is -3.71. The summed E-state index contributed by atoms with van der Waals surface area (Å²) < 4.78 is 52.4. The summed E-state index contributed by atoms with van der Waals surface area (Å²) in [6, 6.07) is 5.03. The normalized spacial score (nSPS) is 27.2. The fourth-order valence-corrected chi connectivity index (χ4v) is 6.91. The molecule has 0 bridgehead atoms. The number of nitrogens with zero attached hydrogens (tertiary/aromatic N) is 3. The number of likely N-dealkylation sites (N-methyl/N-ethyl adjacent to an activating group) is 1. The van der Waals surface area contributed by atoms with E-state index in [1.165, 1.54) is 0 Å². The van der Waals surface area contributed by atoms with Crippen LogP contribution in [0.4, 0.5) is 14.5 Å². The first-order valence-electron chi connectivity index (χ1n) is 10.2. The molecule has 166 valence electrons. The van der Waals surface area contributed by atoms with E-state index in [1.54, 1.807) is 18.2 Å². The van der Waals surface area contributed by atoms with Gasteiger partial charge in [-0.05, 0) is 44.5 Å². The predicted octanol–water partition coefficient (Wildman–Crippen LogP) is 2.51. The molecule has 1 amide bonds. The number of sulfone groups is 1. The van der Waals surface area contributed by atoms with Crippen molar-refractivity contribution in [2.75, 3.05) is 51.2 Å². The highest BCUT2D eigenvalue weighted by Gasteiger charge is 2.49. The molecule has 1 saturated carbocycles. The Morgan fingerprint density at radius 3 is 2.40 bits per heavy atom. The largest absolute Gasteiger partial charge is 0.369 e. The van der Waals surface area contributed by atoms with Crippen molar-refractivity contribution < 1.29 is 22.0 Å². The molecule has 4 rings (SSSR count). The first-order chi connectivity index (χ1) is 14.1. The van der Waals surface area contributed by atoms with Crippen LogP contribution in [0.15, 0.2) is 23.1 Å². The van der Waals surface area contributed by atoms with Crippen LogP contribution in [-0.4, -0.2) is 81.6 Å². The van der Waals surface area contributed by atoms with E-state index in [9.17, 15) is 22.0 Å². The lowest BCUT2D eigenvalue weighted by atomic mass is 10.0. The maximum absolute atomic E-state index is 13.2. The molecular formula is C20H26ClF2N3O3S. The van der Waals surface area contributed by atoms with Gasteiger partial charge in [-0.3, -0.25) is 4.79 Å². The number of amides is 1. The van der Waals surface area contributed by atoms with Crippen molar-refractivity contribution in [1.82, 2.24) is 9.80 Å². The van der Waals surface area contributed by atoms with Crippen LogP contribution in [0, 0.1) is 5.92 Å². The topological polar surface area (TPSA) is 60.9 Å². The Labute approximate surface area is 180 Å². The van der Waals surface area contributed by atoms with Gasteiger partial charge >= 0.3 is 0 Å². The summed E-state index contributed by atoms with van der Waals surface area (Å²) in [4.78, 5) is 18.0. The quantitative estimate of drug-likeness (QED) is 0.689. The predicted molar refractivity (Wildman–Crippen MR) is 111 cm³/mol. The van der Waals surface area contributed by atoms with Gasteiger partial charge in [0, 0.05) is 37.8 Å². The maximum atomic E-state index is 13.2. The van der Waals surface area contributed by atoms with E-state index < -0.39 is 40.0 Å². The van der Waals surface area contributed by atoms with Gasteiger partial charge < -0.3 is 14.7 Å². The first kappa shape index (κ1) is 21.8. The van der Waals surface area contributed by atoms with Crippen LogP contribution < -0.4 is 4.90 Å². The molecule has 0 radical (unpaired) electrons. The van der Waals surface area contributed by atoms with Gasteiger partial charge in [-0.2, -0.15) is 0 Å². The second-order valence-corrected chi connectivity index (χ2v) is 11.2. The Morgan fingerprint density at radius 2 is 1.80 bits per heavy atom. The van der Waals surface area contributed by atoms with Crippen LogP contribution in [0.5, 0.6) is 0 Å². The minimum absolute atomic E-state index is 0.0793. The van der Waals surface area contributed by atoms with E-state index in [-0.39, 0.29) is 22.2 Å². The van der Waals surface area contributed by atoms with E-state index in [0.29, 0.717) is 12.8 Å². The van der Waals surface area contributed by atoms with E-state index in [0.717, 1.165) is 36.8 Å². The molecule has 3 aliphatic rings. The summed E-state index contributed by atoms with van der Waals surface area (Å²) in [5, 5.41) is -0.538. The number of likely N-dealkylation sites (tertiary alicyclic amines) is 1. The minimum atomic E-state index is -3.71. The number of benzene rings is 1. The van der Waals surface area contributed by atoms with Crippen LogP contribution in [0.25, 0.3) is 0 Å². The van der Waals surface area contributed by atoms with Crippen molar-refractivity contribution in [3.8, 4) is 0 Å². The average Bonchev–Trinajstić information content (AvgIpc) is 3.17. The van der Waals surface area contributed by atoms with E-state index in [4.69, 9.17) is 11.6 Å². The molecule has 3 fully saturated rings. The van der Waals surface area contributed by atoms with Gasteiger partial charge in [0.25, 0.3) is 5.92 Å². The van der Waals surface area contributed by atoms with Crippen LogP contribution in [0.2, 0.25) is 5.02 Å². The second kappa shape index (κ2) is 7.91. The van der Waals surface area contributed by atoms with Gasteiger partial charge in [0.15, 0.2) is 9.84 Å². The third-order valence-electron chi connectivity index (χ3n) is 6.42. The Morgan fingerprint density at radius 1 is 1.13 bits per heavy atom. The standard InChI is InChI=1S/C20H26ClF2N3O3S/c1-24-6-8-25(9-7-24)15-3-5-18(17(21)11-15)30(28,29)16-4-2-14(10-16)19(27)26-12-20(22,23)13-26/h3,5,11,14,16H,2,4,6-10,12-13H2,1H3/t14-,16-/m1/s1. The van der Waals surface area contributed by atoms with Crippen LogP contribution >= 0.6 is 11.6 Å². The average molecular weight is 462 g/mol. The maximum Gasteiger partial charge on any atom is 0.282 e. The minimum Gasteiger partial charge on any atom is -0.369 e. The van der Waals surface area contributed by atoms with Crippen molar-refractivity contribution in [2.45, 2.75) is 35.3 Å². The monoisotopic (exact) mass is 461 g/mol. The Kier molecular flexibility index (Phi) is 5.74. The molecule has 1 aromatic carbocycles. The van der Waals surface area contributed by atoms with Crippen molar-refractivity contribution in [3.05, 3.63) is 23.2 Å². The highest BCUT2D eigenvalue weighted by Crippen LogP contribution is 2.39. The highest BCUT2D eigenvalue weighted by atomic mass is 35.5. The van der Waals surface area contributed by atoms with Crippen LogP contribution in [0.1, 0.15) is 19.3 Å².